The summed E-state index contributed by atoms with van der Waals surface area (Å²) in [5, 5.41) is 0. The van der Waals surface area contributed by atoms with Crippen molar-refractivity contribution in [2.75, 3.05) is 0 Å². The van der Waals surface area contributed by atoms with E-state index in [1.807, 2.05) is 0 Å². The average molecular weight is 334 g/mol. The maximum atomic E-state index is 12.0. The van der Waals surface area contributed by atoms with Gasteiger partial charge in [-0.15, -0.1) is 0 Å². The van der Waals surface area contributed by atoms with Gasteiger partial charge in [-0.25, -0.2) is 0 Å². The van der Waals surface area contributed by atoms with Crippen molar-refractivity contribution in [3.63, 3.8) is 0 Å². The Balaban J connectivity index is 1.59. The normalized spacial score (nSPS) is 36.9. The third-order valence-electron chi connectivity index (χ3n) is 7.01. The van der Waals surface area contributed by atoms with Crippen LogP contribution in [0.15, 0.2) is 46.6 Å². The van der Waals surface area contributed by atoms with Crippen LogP contribution in [0.4, 0.5) is 0 Å². The monoisotopic (exact) mass is 334 g/mol. The summed E-state index contributed by atoms with van der Waals surface area (Å²) in [6.45, 7) is 0. The van der Waals surface area contributed by atoms with E-state index in [-0.39, 0.29) is 17.3 Å². The predicted molar refractivity (Wildman–Crippen MR) is 93.6 cm³/mol. The fourth-order valence-electron chi connectivity index (χ4n) is 5.81. The Bertz CT molecular complexity index is 820. The van der Waals surface area contributed by atoms with Crippen molar-refractivity contribution in [2.45, 2.75) is 44.9 Å². The van der Waals surface area contributed by atoms with E-state index in [4.69, 9.17) is 0 Å². The van der Waals surface area contributed by atoms with Gasteiger partial charge in [0.2, 0.25) is 5.78 Å². The molecule has 0 amide bonds. The molecule has 128 valence electrons. The van der Waals surface area contributed by atoms with E-state index in [9.17, 15) is 14.4 Å². The highest BCUT2D eigenvalue weighted by molar-refractivity contribution is 6.38. The summed E-state index contributed by atoms with van der Waals surface area (Å²) < 4.78 is 0. The Morgan fingerprint density at radius 3 is 2.16 bits per heavy atom. The predicted octanol–water partition coefficient (Wildman–Crippen LogP) is 3.66. The number of carbonyl (C=O) groups excluding carboxylic acids is 3. The molecule has 0 heterocycles. The molecule has 4 atom stereocenters. The maximum absolute atomic E-state index is 12.0. The molecule has 0 aromatic rings. The molecular formula is C22H22O3. The third kappa shape index (κ3) is 2.28. The van der Waals surface area contributed by atoms with E-state index in [1.165, 1.54) is 22.3 Å². The van der Waals surface area contributed by atoms with E-state index in [2.05, 4.69) is 18.2 Å². The van der Waals surface area contributed by atoms with E-state index < -0.39 is 0 Å². The fraction of sp³-hybridized carbons (Fsp3) is 0.500. The second kappa shape index (κ2) is 5.48. The molecule has 5 aliphatic rings. The summed E-state index contributed by atoms with van der Waals surface area (Å²) in [6, 6.07) is 0. The Labute approximate surface area is 147 Å². The van der Waals surface area contributed by atoms with Gasteiger partial charge < -0.3 is 0 Å². The van der Waals surface area contributed by atoms with Gasteiger partial charge in [-0.2, -0.15) is 0 Å². The standard InChI is InChI=1S/C22H22O3/c23-14-3-6-15-12(9-14)1-4-17-16(15)7-8-19-18(17)5-2-13-10-21(24)22(25)11-20(13)19/h3,6-8,12-13,17-18H,1-2,4-5,9-11H2. The van der Waals surface area contributed by atoms with E-state index in [0.717, 1.165) is 25.7 Å². The Kier molecular flexibility index (Phi) is 3.34. The van der Waals surface area contributed by atoms with Crippen molar-refractivity contribution in [1.29, 1.82) is 0 Å². The van der Waals surface area contributed by atoms with Crippen LogP contribution in [0.5, 0.6) is 0 Å². The van der Waals surface area contributed by atoms with Gasteiger partial charge in [0, 0.05) is 19.3 Å². The molecule has 5 aliphatic carbocycles. The summed E-state index contributed by atoms with van der Waals surface area (Å²) >= 11 is 0. The summed E-state index contributed by atoms with van der Waals surface area (Å²) in [5.74, 6) is 1.58. The lowest BCUT2D eigenvalue weighted by atomic mass is 9.59. The van der Waals surface area contributed by atoms with Gasteiger partial charge in [0.1, 0.15) is 0 Å². The lowest BCUT2D eigenvalue weighted by Crippen LogP contribution is -2.36. The minimum atomic E-state index is -0.200. The topological polar surface area (TPSA) is 51.2 Å². The van der Waals surface area contributed by atoms with E-state index >= 15 is 0 Å². The van der Waals surface area contributed by atoms with Crippen LogP contribution in [0.3, 0.4) is 0 Å². The minimum Gasteiger partial charge on any atom is -0.295 e. The number of carbonyl (C=O) groups is 3. The van der Waals surface area contributed by atoms with Crippen LogP contribution in [0.2, 0.25) is 0 Å². The number of fused-ring (bicyclic) bond motifs is 5. The molecule has 0 aliphatic heterocycles. The maximum Gasteiger partial charge on any atom is 0.202 e. The quantitative estimate of drug-likeness (QED) is 0.635. The molecule has 25 heavy (non-hydrogen) atoms. The first-order valence-corrected chi connectivity index (χ1v) is 9.54. The highest BCUT2D eigenvalue weighted by Gasteiger charge is 2.43. The number of allylic oxidation sites excluding steroid dienone is 8. The van der Waals surface area contributed by atoms with Gasteiger partial charge in [0.05, 0.1) is 0 Å². The number of rotatable bonds is 0. The van der Waals surface area contributed by atoms with E-state index in [0.29, 0.717) is 42.9 Å². The highest BCUT2D eigenvalue weighted by atomic mass is 16.2. The molecule has 0 aromatic carbocycles. The Hall–Kier alpha value is -2.03. The minimum absolute atomic E-state index is 0.173. The Morgan fingerprint density at radius 2 is 1.32 bits per heavy atom. The molecule has 1 saturated carbocycles. The van der Waals surface area contributed by atoms with Crippen LogP contribution in [0, 0.1) is 23.7 Å². The van der Waals surface area contributed by atoms with Crippen molar-refractivity contribution in [3.05, 3.63) is 46.6 Å². The van der Waals surface area contributed by atoms with E-state index in [1.54, 1.807) is 6.08 Å². The van der Waals surface area contributed by atoms with Gasteiger partial charge in [0.25, 0.3) is 0 Å². The molecule has 1 fully saturated rings. The molecule has 0 aromatic heterocycles. The number of hydrogen-bond donors (Lipinski definition) is 0. The molecule has 3 nitrogen and oxygen atoms in total. The molecule has 0 radical (unpaired) electrons. The molecule has 0 bridgehead atoms. The molecule has 0 saturated heterocycles. The zero-order chi connectivity index (χ0) is 17.1. The first-order chi connectivity index (χ1) is 12.1. The first-order valence-electron chi connectivity index (χ1n) is 9.54. The first kappa shape index (κ1) is 15.2. The van der Waals surface area contributed by atoms with Crippen molar-refractivity contribution in [3.8, 4) is 0 Å². The lowest BCUT2D eigenvalue weighted by Gasteiger charge is -2.44. The molecule has 4 unspecified atom stereocenters. The molecular weight excluding hydrogens is 312 g/mol. The molecule has 0 N–H and O–H groups in total. The van der Waals surface area contributed by atoms with Gasteiger partial charge in [-0.3, -0.25) is 14.4 Å². The molecule has 0 spiro atoms. The largest absolute Gasteiger partial charge is 0.295 e. The third-order valence-corrected chi connectivity index (χ3v) is 7.01. The van der Waals surface area contributed by atoms with Crippen molar-refractivity contribution in [2.24, 2.45) is 23.7 Å². The number of ketones is 3. The van der Waals surface area contributed by atoms with Crippen molar-refractivity contribution >= 4 is 17.3 Å². The summed E-state index contributed by atoms with van der Waals surface area (Å²) in [6.07, 6.45) is 14.1. The second-order valence-corrected chi connectivity index (χ2v) is 8.22. The van der Waals surface area contributed by atoms with Gasteiger partial charge in [-0.1, -0.05) is 23.8 Å². The lowest BCUT2D eigenvalue weighted by molar-refractivity contribution is -0.138. The van der Waals surface area contributed by atoms with Gasteiger partial charge in [0.15, 0.2) is 11.6 Å². The highest BCUT2D eigenvalue weighted by Crippen LogP contribution is 2.52. The van der Waals surface area contributed by atoms with Crippen LogP contribution in [0.25, 0.3) is 0 Å². The summed E-state index contributed by atoms with van der Waals surface area (Å²) in [7, 11) is 0. The summed E-state index contributed by atoms with van der Waals surface area (Å²) in [4.78, 5) is 35.5. The fourth-order valence-corrected chi connectivity index (χ4v) is 5.81. The number of hydrogen-bond acceptors (Lipinski definition) is 3. The second-order valence-electron chi connectivity index (χ2n) is 8.22. The molecule has 3 heteroatoms. The Morgan fingerprint density at radius 1 is 0.640 bits per heavy atom. The van der Waals surface area contributed by atoms with Crippen molar-refractivity contribution in [1.82, 2.24) is 0 Å². The van der Waals surface area contributed by atoms with Crippen LogP contribution < -0.4 is 0 Å². The molecule has 5 rings (SSSR count). The SMILES string of the molecule is O=C1C=CC2=C3C=CC4=C5CC(=O)C(=O)CC5CCC4C3CCC2C1. The van der Waals surface area contributed by atoms with Gasteiger partial charge >= 0.3 is 0 Å². The summed E-state index contributed by atoms with van der Waals surface area (Å²) in [5.41, 5.74) is 5.39. The smallest absolute Gasteiger partial charge is 0.202 e. The number of Topliss-reactive ketones (excluding diaryl/α,β-unsaturated/α-hetero) is 2. The van der Waals surface area contributed by atoms with Crippen LogP contribution in [-0.2, 0) is 14.4 Å². The average Bonchev–Trinajstić information content (AvgIpc) is 2.61. The van der Waals surface area contributed by atoms with Gasteiger partial charge in [-0.05, 0) is 72.2 Å². The van der Waals surface area contributed by atoms with Crippen LogP contribution in [-0.4, -0.2) is 17.3 Å². The van der Waals surface area contributed by atoms with Crippen LogP contribution >= 0.6 is 0 Å². The zero-order valence-corrected chi connectivity index (χ0v) is 14.3. The van der Waals surface area contributed by atoms with Crippen molar-refractivity contribution < 1.29 is 14.4 Å². The zero-order valence-electron chi connectivity index (χ0n) is 14.3. The van der Waals surface area contributed by atoms with Crippen LogP contribution in [0.1, 0.15) is 44.9 Å².